The normalized spacial score (nSPS) is 28.7. The topological polar surface area (TPSA) is 49.3 Å². The minimum absolute atomic E-state index is 0.172. The molecule has 1 heterocycles. The number of aliphatic hydroxyl groups excluding tert-OH is 1. The molecule has 1 aliphatic rings. The standard InChI is InChI=1S/C11H22NO2P/c1-12-11(14)15-8-6-4-2-3-5-7-10(15)9-13/h10,13H,2-9H2,1H3,(H,12,14). The molecule has 4 heteroatoms. The average Bonchev–Trinajstić information content (AvgIpc) is 2.38. The fourth-order valence-electron chi connectivity index (χ4n) is 2.13. The number of hydrogen-bond donors (Lipinski definition) is 2. The summed E-state index contributed by atoms with van der Waals surface area (Å²) in [4.78, 5) is 11.7. The first-order valence-electron chi connectivity index (χ1n) is 5.88. The van der Waals surface area contributed by atoms with Crippen LogP contribution in [0.25, 0.3) is 0 Å². The molecule has 1 aliphatic heterocycles. The van der Waals surface area contributed by atoms with Gasteiger partial charge >= 0.3 is 0 Å². The van der Waals surface area contributed by atoms with Crippen molar-refractivity contribution in [2.24, 2.45) is 0 Å². The molecule has 2 unspecified atom stereocenters. The van der Waals surface area contributed by atoms with Crippen molar-refractivity contribution in [3.63, 3.8) is 0 Å². The maximum atomic E-state index is 11.7. The zero-order chi connectivity index (χ0) is 11.1. The summed E-state index contributed by atoms with van der Waals surface area (Å²) in [6.45, 7) is 0.180. The maximum absolute atomic E-state index is 11.7. The highest BCUT2D eigenvalue weighted by Crippen LogP contribution is 2.45. The first-order valence-corrected chi connectivity index (χ1v) is 7.48. The summed E-state index contributed by atoms with van der Waals surface area (Å²) in [5, 5.41) is 12.1. The third kappa shape index (κ3) is 4.08. The number of nitrogens with one attached hydrogen (secondary N) is 1. The van der Waals surface area contributed by atoms with E-state index in [1.165, 1.54) is 25.7 Å². The van der Waals surface area contributed by atoms with E-state index < -0.39 is 7.92 Å². The van der Waals surface area contributed by atoms with Gasteiger partial charge in [0.15, 0.2) is 0 Å². The summed E-state index contributed by atoms with van der Waals surface area (Å²) >= 11 is 0. The Morgan fingerprint density at radius 3 is 2.67 bits per heavy atom. The summed E-state index contributed by atoms with van der Waals surface area (Å²) in [6, 6.07) is 0. The maximum Gasteiger partial charge on any atom is 0.241 e. The number of amides is 1. The van der Waals surface area contributed by atoms with Crippen LogP contribution in [0.3, 0.4) is 0 Å². The van der Waals surface area contributed by atoms with Crippen LogP contribution in [0, 0.1) is 0 Å². The van der Waals surface area contributed by atoms with Crippen LogP contribution in [0.15, 0.2) is 0 Å². The molecule has 0 spiro atoms. The van der Waals surface area contributed by atoms with Crippen LogP contribution in [-0.2, 0) is 0 Å². The molecule has 1 saturated heterocycles. The summed E-state index contributed by atoms with van der Waals surface area (Å²) in [5.41, 5.74) is 0.406. The van der Waals surface area contributed by atoms with Gasteiger partial charge in [-0.1, -0.05) is 25.7 Å². The van der Waals surface area contributed by atoms with E-state index in [1.54, 1.807) is 7.05 Å². The van der Waals surface area contributed by atoms with E-state index in [-0.39, 0.29) is 17.9 Å². The lowest BCUT2D eigenvalue weighted by Gasteiger charge is -2.23. The Balaban J connectivity index is 2.60. The first kappa shape index (κ1) is 12.9. The second kappa shape index (κ2) is 7.19. The smallest absolute Gasteiger partial charge is 0.241 e. The largest absolute Gasteiger partial charge is 0.396 e. The molecule has 0 aromatic rings. The Morgan fingerprint density at radius 2 is 2.00 bits per heavy atom. The fraction of sp³-hybridized carbons (Fsp3) is 0.909. The van der Waals surface area contributed by atoms with Gasteiger partial charge < -0.3 is 10.4 Å². The van der Waals surface area contributed by atoms with Crippen molar-refractivity contribution in [1.29, 1.82) is 0 Å². The third-order valence-electron chi connectivity index (χ3n) is 3.06. The van der Waals surface area contributed by atoms with Crippen molar-refractivity contribution < 1.29 is 9.90 Å². The van der Waals surface area contributed by atoms with Gasteiger partial charge in [0.2, 0.25) is 5.65 Å². The van der Waals surface area contributed by atoms with Crippen LogP contribution in [0.1, 0.15) is 38.5 Å². The zero-order valence-electron chi connectivity index (χ0n) is 9.54. The summed E-state index contributed by atoms with van der Waals surface area (Å²) in [7, 11) is 1.04. The average molecular weight is 231 g/mol. The Morgan fingerprint density at radius 1 is 1.33 bits per heavy atom. The van der Waals surface area contributed by atoms with Crippen LogP contribution in [0.2, 0.25) is 0 Å². The predicted octanol–water partition coefficient (Wildman–Crippen LogP) is 2.52. The first-order chi connectivity index (χ1) is 7.29. The molecular weight excluding hydrogens is 209 g/mol. The lowest BCUT2D eigenvalue weighted by atomic mass is 10.1. The van der Waals surface area contributed by atoms with Crippen LogP contribution < -0.4 is 5.32 Å². The Kier molecular flexibility index (Phi) is 6.19. The Hall–Kier alpha value is -0.140. The van der Waals surface area contributed by atoms with Gasteiger partial charge in [0, 0.05) is 12.7 Å². The number of carbonyl (C=O) groups is 1. The second-order valence-corrected chi connectivity index (χ2v) is 6.66. The molecule has 2 N–H and O–H groups in total. The molecule has 88 valence electrons. The van der Waals surface area contributed by atoms with Crippen LogP contribution in [0.5, 0.6) is 0 Å². The molecule has 0 radical (unpaired) electrons. The lowest BCUT2D eigenvalue weighted by Crippen LogP contribution is -2.23. The van der Waals surface area contributed by atoms with Gasteiger partial charge in [0.05, 0.1) is 6.61 Å². The Bertz CT molecular complexity index is 199. The van der Waals surface area contributed by atoms with E-state index in [9.17, 15) is 9.90 Å². The Labute approximate surface area is 93.4 Å². The number of hydrogen-bond acceptors (Lipinski definition) is 2. The van der Waals surface area contributed by atoms with Gasteiger partial charge in [-0.15, -0.1) is 0 Å². The van der Waals surface area contributed by atoms with E-state index in [1.807, 2.05) is 0 Å². The van der Waals surface area contributed by atoms with Gasteiger partial charge in [-0.3, -0.25) is 4.79 Å². The molecule has 0 aromatic carbocycles. The van der Waals surface area contributed by atoms with E-state index >= 15 is 0 Å². The minimum Gasteiger partial charge on any atom is -0.396 e. The summed E-state index contributed by atoms with van der Waals surface area (Å²) in [5.74, 6) is 0. The van der Waals surface area contributed by atoms with E-state index in [4.69, 9.17) is 0 Å². The quantitative estimate of drug-likeness (QED) is 0.717. The van der Waals surface area contributed by atoms with E-state index in [0.29, 0.717) is 0 Å². The number of aliphatic hydroxyl groups is 1. The molecule has 0 aromatic heterocycles. The van der Waals surface area contributed by atoms with Crippen LogP contribution >= 0.6 is 7.92 Å². The molecule has 0 bridgehead atoms. The zero-order valence-corrected chi connectivity index (χ0v) is 10.4. The molecule has 15 heavy (non-hydrogen) atoms. The molecule has 1 fully saturated rings. The van der Waals surface area contributed by atoms with Gasteiger partial charge in [0.25, 0.3) is 0 Å². The van der Waals surface area contributed by atoms with Crippen molar-refractivity contribution in [3.05, 3.63) is 0 Å². The molecule has 1 rings (SSSR count). The molecule has 1 amide bonds. The van der Waals surface area contributed by atoms with Crippen LogP contribution in [-0.4, -0.2) is 36.2 Å². The molecule has 3 nitrogen and oxygen atoms in total. The van der Waals surface area contributed by atoms with Crippen molar-refractivity contribution in [2.75, 3.05) is 19.8 Å². The highest BCUT2D eigenvalue weighted by Gasteiger charge is 2.26. The minimum atomic E-state index is -0.657. The summed E-state index contributed by atoms with van der Waals surface area (Å²) < 4.78 is 0. The molecule has 0 saturated carbocycles. The van der Waals surface area contributed by atoms with Crippen molar-refractivity contribution in [2.45, 2.75) is 44.2 Å². The van der Waals surface area contributed by atoms with E-state index in [2.05, 4.69) is 5.32 Å². The van der Waals surface area contributed by atoms with Gasteiger partial charge in [-0.25, -0.2) is 0 Å². The molecular formula is C11H22NO2P. The van der Waals surface area contributed by atoms with Crippen molar-refractivity contribution in [1.82, 2.24) is 5.32 Å². The van der Waals surface area contributed by atoms with E-state index in [0.717, 1.165) is 19.0 Å². The number of rotatable bonds is 2. The van der Waals surface area contributed by atoms with Gasteiger partial charge in [-0.05, 0) is 26.9 Å². The fourth-order valence-corrected chi connectivity index (χ4v) is 4.57. The highest BCUT2D eigenvalue weighted by molar-refractivity contribution is 7.75. The predicted molar refractivity (Wildman–Crippen MR) is 64.8 cm³/mol. The van der Waals surface area contributed by atoms with Crippen molar-refractivity contribution >= 4 is 13.6 Å². The van der Waals surface area contributed by atoms with Crippen molar-refractivity contribution in [3.8, 4) is 0 Å². The SMILES string of the molecule is CNC(=O)P1CCCCCCCC1CO. The lowest BCUT2D eigenvalue weighted by molar-refractivity contribution is 0.259. The third-order valence-corrected chi connectivity index (χ3v) is 5.91. The van der Waals surface area contributed by atoms with Crippen LogP contribution in [0.4, 0.5) is 4.79 Å². The molecule has 2 atom stereocenters. The highest BCUT2D eigenvalue weighted by atomic mass is 31.1. The second-order valence-electron chi connectivity index (χ2n) is 4.14. The monoisotopic (exact) mass is 231 g/mol. The van der Waals surface area contributed by atoms with Gasteiger partial charge in [0.1, 0.15) is 0 Å². The number of carbonyl (C=O) groups excluding carboxylic acids is 1. The summed E-state index contributed by atoms with van der Waals surface area (Å²) in [6.07, 6.45) is 8.13. The van der Waals surface area contributed by atoms with Gasteiger partial charge in [-0.2, -0.15) is 0 Å². The molecule has 0 aliphatic carbocycles.